The molecule has 2 saturated heterocycles. The van der Waals surface area contributed by atoms with Crippen LogP contribution in [0, 0.1) is 11.8 Å². The molecule has 0 N–H and O–H groups in total. The number of hydrogen-bond donors (Lipinski definition) is 0. The van der Waals surface area contributed by atoms with Gasteiger partial charge in [0.05, 0.1) is 19.8 Å². The Hall–Kier alpha value is -2.25. The van der Waals surface area contributed by atoms with Crippen LogP contribution in [0.3, 0.4) is 0 Å². The molecule has 1 amide bonds. The summed E-state index contributed by atoms with van der Waals surface area (Å²) in [4.78, 5) is 16.6. The van der Waals surface area contributed by atoms with Gasteiger partial charge in [-0.2, -0.15) is 0 Å². The minimum Gasteiger partial charge on any atom is -0.497 e. The van der Waals surface area contributed by atoms with Crippen molar-refractivity contribution in [2.45, 2.75) is 45.6 Å². The summed E-state index contributed by atoms with van der Waals surface area (Å²) in [5.74, 6) is 2.76. The van der Waals surface area contributed by atoms with Crippen molar-refractivity contribution in [2.75, 3.05) is 44.8 Å². The van der Waals surface area contributed by atoms with E-state index in [1.165, 1.54) is 22.9 Å². The van der Waals surface area contributed by atoms with Gasteiger partial charge < -0.3 is 19.1 Å². The maximum absolute atomic E-state index is 12.3. The molecule has 190 valence electrons. The second-order valence-electron chi connectivity index (χ2n) is 9.95. The van der Waals surface area contributed by atoms with E-state index >= 15 is 0 Å². The minimum absolute atomic E-state index is 0.184. The molecule has 2 aromatic carbocycles. The first-order valence-corrected chi connectivity index (χ1v) is 13.5. The number of cyclic esters (lactones) is 1. The number of rotatable bonds is 9. The average molecular weight is 546 g/mol. The molecule has 2 fully saturated rings. The third-order valence-electron chi connectivity index (χ3n) is 6.95. The summed E-state index contributed by atoms with van der Waals surface area (Å²) in [6.45, 7) is 8.62. The molecule has 0 bridgehead atoms. The first kappa shape index (κ1) is 25.8. The fourth-order valence-electron chi connectivity index (χ4n) is 4.94. The van der Waals surface area contributed by atoms with Crippen molar-refractivity contribution >= 4 is 27.7 Å². The average Bonchev–Trinajstić information content (AvgIpc) is 2.86. The summed E-state index contributed by atoms with van der Waals surface area (Å²) in [6, 6.07) is 13.9. The van der Waals surface area contributed by atoms with E-state index < -0.39 is 0 Å². The van der Waals surface area contributed by atoms with Gasteiger partial charge in [0, 0.05) is 22.6 Å². The number of amides is 1. The van der Waals surface area contributed by atoms with Crippen LogP contribution < -0.4 is 14.4 Å². The molecule has 6 nitrogen and oxygen atoms in total. The normalized spacial score (nSPS) is 19.6. The number of methoxy groups -OCH3 is 1. The number of piperidine rings is 1. The molecule has 4 rings (SSSR count). The Morgan fingerprint density at radius 2 is 1.77 bits per heavy atom. The Bertz CT molecular complexity index is 973. The smallest absolute Gasteiger partial charge is 0.414 e. The number of benzene rings is 2. The molecule has 2 heterocycles. The largest absolute Gasteiger partial charge is 0.497 e. The molecular formula is C28H37BrN2O4. The molecule has 0 spiro atoms. The fourth-order valence-corrected chi connectivity index (χ4v) is 5.35. The van der Waals surface area contributed by atoms with Gasteiger partial charge in [0.1, 0.15) is 11.5 Å². The van der Waals surface area contributed by atoms with Crippen molar-refractivity contribution in [1.29, 1.82) is 0 Å². The van der Waals surface area contributed by atoms with Gasteiger partial charge in [0.15, 0.2) is 0 Å². The molecule has 1 unspecified atom stereocenters. The number of nitrogens with zero attached hydrogens (tertiary/aromatic N) is 2. The molecular weight excluding hydrogens is 508 g/mol. The zero-order valence-electron chi connectivity index (χ0n) is 21.0. The van der Waals surface area contributed by atoms with Gasteiger partial charge in [-0.05, 0) is 113 Å². The SMILES string of the molecule is COc1ccc(N2CC(CCN3CCC(Cc4cc(OC(C)C)ccc4Br)CC3)COC2=O)cc1. The highest BCUT2D eigenvalue weighted by Crippen LogP contribution is 2.30. The highest BCUT2D eigenvalue weighted by atomic mass is 79.9. The maximum Gasteiger partial charge on any atom is 0.414 e. The van der Waals surface area contributed by atoms with Crippen LogP contribution in [0.4, 0.5) is 10.5 Å². The Morgan fingerprint density at radius 3 is 2.46 bits per heavy atom. The van der Waals surface area contributed by atoms with Crippen LogP contribution >= 0.6 is 15.9 Å². The lowest BCUT2D eigenvalue weighted by molar-refractivity contribution is 0.103. The van der Waals surface area contributed by atoms with Crippen molar-refractivity contribution in [1.82, 2.24) is 4.90 Å². The van der Waals surface area contributed by atoms with Crippen molar-refractivity contribution in [3.8, 4) is 11.5 Å². The number of ether oxygens (including phenoxy) is 3. The Morgan fingerprint density at radius 1 is 1.06 bits per heavy atom. The van der Waals surface area contributed by atoms with Gasteiger partial charge in [0.25, 0.3) is 0 Å². The Labute approximate surface area is 217 Å². The van der Waals surface area contributed by atoms with Crippen LogP contribution in [-0.4, -0.2) is 57.0 Å². The van der Waals surface area contributed by atoms with Crippen molar-refractivity contribution in [3.63, 3.8) is 0 Å². The zero-order valence-corrected chi connectivity index (χ0v) is 22.6. The van der Waals surface area contributed by atoms with Gasteiger partial charge in [0.2, 0.25) is 0 Å². The zero-order chi connectivity index (χ0) is 24.8. The quantitative estimate of drug-likeness (QED) is 0.378. The predicted molar refractivity (Wildman–Crippen MR) is 143 cm³/mol. The molecule has 35 heavy (non-hydrogen) atoms. The standard InChI is InChI=1S/C28H37BrN2O4/c1-20(2)35-26-8-9-27(29)23(17-26)16-21-10-13-30(14-11-21)15-12-22-18-31(28(32)34-19-22)24-4-6-25(33-3)7-5-24/h4-9,17,20-22H,10-16,18-19H2,1-3H3. The number of hydrogen-bond acceptors (Lipinski definition) is 5. The van der Waals surface area contributed by atoms with E-state index in [9.17, 15) is 4.79 Å². The van der Waals surface area contributed by atoms with Crippen LogP contribution in [0.2, 0.25) is 0 Å². The number of likely N-dealkylation sites (tertiary alicyclic amines) is 1. The molecule has 2 aromatic rings. The third-order valence-corrected chi connectivity index (χ3v) is 7.72. The monoisotopic (exact) mass is 544 g/mol. The molecule has 0 saturated carbocycles. The van der Waals surface area contributed by atoms with Crippen molar-refractivity contribution in [3.05, 3.63) is 52.5 Å². The minimum atomic E-state index is -0.263. The topological polar surface area (TPSA) is 51.2 Å². The van der Waals surface area contributed by atoms with Gasteiger partial charge in [-0.1, -0.05) is 15.9 Å². The van der Waals surface area contributed by atoms with E-state index in [0.717, 1.165) is 49.7 Å². The van der Waals surface area contributed by atoms with E-state index in [2.05, 4.69) is 46.8 Å². The number of anilines is 1. The molecule has 0 aromatic heterocycles. The van der Waals surface area contributed by atoms with Gasteiger partial charge in [-0.15, -0.1) is 0 Å². The second kappa shape index (κ2) is 12.1. The molecule has 0 radical (unpaired) electrons. The van der Waals surface area contributed by atoms with Gasteiger partial charge >= 0.3 is 6.09 Å². The lowest BCUT2D eigenvalue weighted by atomic mass is 9.90. The van der Waals surface area contributed by atoms with Gasteiger partial charge in [-0.3, -0.25) is 4.90 Å². The molecule has 2 aliphatic heterocycles. The van der Waals surface area contributed by atoms with Gasteiger partial charge in [-0.25, -0.2) is 4.79 Å². The third kappa shape index (κ3) is 7.14. The van der Waals surface area contributed by atoms with Crippen LogP contribution in [-0.2, 0) is 11.2 Å². The lowest BCUT2D eigenvalue weighted by Crippen LogP contribution is -2.44. The predicted octanol–water partition coefficient (Wildman–Crippen LogP) is 6.16. The Balaban J connectivity index is 1.23. The maximum atomic E-state index is 12.3. The molecule has 2 aliphatic rings. The molecule has 7 heteroatoms. The van der Waals surface area contributed by atoms with Crippen LogP contribution in [0.5, 0.6) is 11.5 Å². The van der Waals surface area contributed by atoms with Crippen LogP contribution in [0.15, 0.2) is 46.9 Å². The van der Waals surface area contributed by atoms with Crippen molar-refractivity contribution in [2.24, 2.45) is 11.8 Å². The van der Waals surface area contributed by atoms with E-state index in [0.29, 0.717) is 25.0 Å². The first-order chi connectivity index (χ1) is 16.9. The summed E-state index contributed by atoms with van der Waals surface area (Å²) in [6.07, 6.45) is 4.45. The van der Waals surface area contributed by atoms with E-state index in [1.807, 2.05) is 30.3 Å². The van der Waals surface area contributed by atoms with Crippen LogP contribution in [0.25, 0.3) is 0 Å². The summed E-state index contributed by atoms with van der Waals surface area (Å²) >= 11 is 3.73. The first-order valence-electron chi connectivity index (χ1n) is 12.7. The molecule has 0 aliphatic carbocycles. The fraction of sp³-hybridized carbons (Fsp3) is 0.536. The van der Waals surface area contributed by atoms with Crippen molar-refractivity contribution < 1.29 is 19.0 Å². The van der Waals surface area contributed by atoms with E-state index in [1.54, 1.807) is 12.0 Å². The summed E-state index contributed by atoms with van der Waals surface area (Å²) < 4.78 is 17.8. The summed E-state index contributed by atoms with van der Waals surface area (Å²) in [5.41, 5.74) is 2.19. The lowest BCUT2D eigenvalue weighted by Gasteiger charge is -2.35. The summed E-state index contributed by atoms with van der Waals surface area (Å²) in [5, 5.41) is 0. The van der Waals surface area contributed by atoms with E-state index in [-0.39, 0.29) is 12.2 Å². The number of halogens is 1. The molecule has 1 atom stereocenters. The summed E-state index contributed by atoms with van der Waals surface area (Å²) in [7, 11) is 1.64. The second-order valence-corrected chi connectivity index (χ2v) is 10.8. The van der Waals surface area contributed by atoms with Crippen LogP contribution in [0.1, 0.15) is 38.7 Å². The van der Waals surface area contributed by atoms with E-state index in [4.69, 9.17) is 14.2 Å². The Kier molecular flexibility index (Phi) is 8.95. The highest BCUT2D eigenvalue weighted by molar-refractivity contribution is 9.10. The number of carbonyl (C=O) groups is 1. The highest BCUT2D eigenvalue weighted by Gasteiger charge is 2.29. The number of carbonyl (C=O) groups excluding carboxylic acids is 1.